The highest BCUT2D eigenvalue weighted by Crippen LogP contribution is 2.11. The fourth-order valence-electron chi connectivity index (χ4n) is 2.11. The number of piperidine rings is 1. The largest absolute Gasteiger partial charge is 0.381 e. The van der Waals surface area contributed by atoms with E-state index in [1.807, 2.05) is 6.92 Å². The van der Waals surface area contributed by atoms with Crippen molar-refractivity contribution in [1.82, 2.24) is 9.62 Å². The van der Waals surface area contributed by atoms with Gasteiger partial charge in [0.05, 0.1) is 12.4 Å². The Kier molecular flexibility index (Phi) is 7.14. The first-order valence-electron chi connectivity index (χ1n) is 6.81. The zero-order chi connectivity index (χ0) is 13.4. The highest BCUT2D eigenvalue weighted by molar-refractivity contribution is 7.89. The van der Waals surface area contributed by atoms with Crippen LogP contribution in [0.3, 0.4) is 0 Å². The van der Waals surface area contributed by atoms with E-state index in [2.05, 4.69) is 5.32 Å². The Bertz CT molecular complexity index is 313. The topological polar surface area (TPSA) is 58.6 Å². The Balaban J connectivity index is 2.27. The maximum absolute atomic E-state index is 11.9. The molecule has 1 fully saturated rings. The maximum atomic E-state index is 11.9. The van der Waals surface area contributed by atoms with Gasteiger partial charge in [-0.2, -0.15) is 0 Å². The van der Waals surface area contributed by atoms with Gasteiger partial charge in [0.15, 0.2) is 0 Å². The molecule has 0 aliphatic carbocycles. The molecule has 1 aliphatic rings. The van der Waals surface area contributed by atoms with Gasteiger partial charge in [-0.1, -0.05) is 6.42 Å². The van der Waals surface area contributed by atoms with Crippen molar-refractivity contribution in [3.63, 3.8) is 0 Å². The van der Waals surface area contributed by atoms with E-state index in [1.54, 1.807) is 7.05 Å². The molecule has 0 aromatic rings. The summed E-state index contributed by atoms with van der Waals surface area (Å²) in [7, 11) is -1.50. The third kappa shape index (κ3) is 5.65. The van der Waals surface area contributed by atoms with Crippen molar-refractivity contribution >= 4 is 10.0 Å². The molecule has 1 unspecified atom stereocenters. The molecule has 0 amide bonds. The average molecular weight is 278 g/mol. The molecule has 0 bridgehead atoms. The second-order valence-corrected chi connectivity index (χ2v) is 6.97. The van der Waals surface area contributed by atoms with Gasteiger partial charge in [-0.3, -0.25) is 0 Å². The van der Waals surface area contributed by atoms with Crippen LogP contribution in [0.15, 0.2) is 0 Å². The summed E-state index contributed by atoms with van der Waals surface area (Å²) in [6.07, 6.45) is 4.54. The van der Waals surface area contributed by atoms with Gasteiger partial charge in [0.1, 0.15) is 0 Å². The number of nitrogens with one attached hydrogen (secondary N) is 1. The number of hydrogen-bond donors (Lipinski definition) is 1. The van der Waals surface area contributed by atoms with E-state index >= 15 is 0 Å². The SMILES string of the molecule is CCOCCS(=O)(=O)N(C)CCC1CCCCN1. The lowest BCUT2D eigenvalue weighted by Crippen LogP contribution is -2.39. The van der Waals surface area contributed by atoms with Gasteiger partial charge in [-0.15, -0.1) is 0 Å². The Hall–Kier alpha value is -0.170. The summed E-state index contributed by atoms with van der Waals surface area (Å²) in [6.45, 7) is 4.36. The van der Waals surface area contributed by atoms with Crippen molar-refractivity contribution in [2.75, 3.05) is 39.1 Å². The molecule has 0 aromatic carbocycles. The molecule has 108 valence electrons. The molecule has 1 aliphatic heterocycles. The predicted octanol–water partition coefficient (Wildman–Crippen LogP) is 0.817. The highest BCUT2D eigenvalue weighted by atomic mass is 32.2. The Morgan fingerprint density at radius 3 is 2.78 bits per heavy atom. The van der Waals surface area contributed by atoms with Gasteiger partial charge >= 0.3 is 0 Å². The quantitative estimate of drug-likeness (QED) is 0.668. The van der Waals surface area contributed by atoms with Crippen molar-refractivity contribution in [1.29, 1.82) is 0 Å². The standard InChI is InChI=1S/C12H26N2O3S/c1-3-17-10-11-18(15,16)14(2)9-7-12-6-4-5-8-13-12/h12-13H,3-11H2,1-2H3. The lowest BCUT2D eigenvalue weighted by atomic mass is 10.0. The normalized spacial score (nSPS) is 21.4. The molecule has 18 heavy (non-hydrogen) atoms. The molecule has 0 aromatic heterocycles. The predicted molar refractivity (Wildman–Crippen MR) is 73.2 cm³/mol. The van der Waals surface area contributed by atoms with Crippen molar-refractivity contribution in [2.24, 2.45) is 0 Å². The van der Waals surface area contributed by atoms with E-state index in [4.69, 9.17) is 4.74 Å². The van der Waals surface area contributed by atoms with Crippen molar-refractivity contribution in [3.8, 4) is 0 Å². The molecule has 6 heteroatoms. The summed E-state index contributed by atoms with van der Waals surface area (Å²) in [6, 6.07) is 0.475. The highest BCUT2D eigenvalue weighted by Gasteiger charge is 2.19. The van der Waals surface area contributed by atoms with Crippen LogP contribution in [0.5, 0.6) is 0 Å². The summed E-state index contributed by atoms with van der Waals surface area (Å²) >= 11 is 0. The Morgan fingerprint density at radius 2 is 2.17 bits per heavy atom. The van der Waals surface area contributed by atoms with Crippen LogP contribution in [0, 0.1) is 0 Å². The van der Waals surface area contributed by atoms with Crippen molar-refractivity contribution < 1.29 is 13.2 Å². The lowest BCUT2D eigenvalue weighted by Gasteiger charge is -2.25. The van der Waals surface area contributed by atoms with Crippen LogP contribution in [0.4, 0.5) is 0 Å². The van der Waals surface area contributed by atoms with Crippen LogP contribution < -0.4 is 5.32 Å². The van der Waals surface area contributed by atoms with Gasteiger partial charge < -0.3 is 10.1 Å². The number of nitrogens with zero attached hydrogens (tertiary/aromatic N) is 1. The van der Waals surface area contributed by atoms with E-state index in [9.17, 15) is 8.42 Å². The summed E-state index contributed by atoms with van der Waals surface area (Å²) in [5.74, 6) is 0.0788. The molecule has 1 heterocycles. The fraction of sp³-hybridized carbons (Fsp3) is 1.00. The van der Waals surface area contributed by atoms with E-state index in [1.165, 1.54) is 17.1 Å². The zero-order valence-electron chi connectivity index (χ0n) is 11.5. The van der Waals surface area contributed by atoms with Crippen LogP contribution >= 0.6 is 0 Å². The molecule has 1 rings (SSSR count). The summed E-state index contributed by atoms with van der Waals surface area (Å²) in [5.41, 5.74) is 0. The minimum atomic E-state index is -3.15. The van der Waals surface area contributed by atoms with Gasteiger partial charge in [0, 0.05) is 26.2 Å². The van der Waals surface area contributed by atoms with E-state index < -0.39 is 10.0 Å². The van der Waals surface area contributed by atoms with Crippen LogP contribution in [0.1, 0.15) is 32.6 Å². The first-order valence-corrected chi connectivity index (χ1v) is 8.42. The molecule has 0 saturated carbocycles. The smallest absolute Gasteiger partial charge is 0.216 e. The second kappa shape index (κ2) is 8.09. The van der Waals surface area contributed by atoms with Gasteiger partial charge in [0.25, 0.3) is 0 Å². The molecule has 1 N–H and O–H groups in total. The number of hydrogen-bond acceptors (Lipinski definition) is 4. The van der Waals surface area contributed by atoms with Crippen molar-refractivity contribution in [3.05, 3.63) is 0 Å². The van der Waals surface area contributed by atoms with E-state index in [-0.39, 0.29) is 12.4 Å². The van der Waals surface area contributed by atoms with E-state index in [0.717, 1.165) is 19.4 Å². The first kappa shape index (κ1) is 15.9. The third-order valence-corrected chi connectivity index (χ3v) is 5.18. The van der Waals surface area contributed by atoms with E-state index in [0.29, 0.717) is 19.2 Å². The van der Waals surface area contributed by atoms with Crippen LogP contribution in [-0.2, 0) is 14.8 Å². The number of rotatable bonds is 8. The molecule has 1 atom stereocenters. The summed E-state index contributed by atoms with van der Waals surface area (Å²) < 4.78 is 30.4. The minimum absolute atomic E-state index is 0.0788. The Labute approximate surface area is 111 Å². The van der Waals surface area contributed by atoms with Gasteiger partial charge in [-0.25, -0.2) is 12.7 Å². The van der Waals surface area contributed by atoms with Gasteiger partial charge in [0.2, 0.25) is 10.0 Å². The zero-order valence-corrected chi connectivity index (χ0v) is 12.3. The molecule has 5 nitrogen and oxygen atoms in total. The Morgan fingerprint density at radius 1 is 1.39 bits per heavy atom. The lowest BCUT2D eigenvalue weighted by molar-refractivity contribution is 0.162. The van der Waals surface area contributed by atoms with Gasteiger partial charge in [-0.05, 0) is 32.7 Å². The van der Waals surface area contributed by atoms with Crippen molar-refractivity contribution in [2.45, 2.75) is 38.6 Å². The minimum Gasteiger partial charge on any atom is -0.381 e. The summed E-state index contributed by atoms with van der Waals surface area (Å²) in [5, 5.41) is 3.43. The molecular weight excluding hydrogens is 252 g/mol. The second-order valence-electron chi connectivity index (χ2n) is 4.77. The average Bonchev–Trinajstić information content (AvgIpc) is 2.37. The van der Waals surface area contributed by atoms with Crippen LogP contribution in [0.2, 0.25) is 0 Å². The molecular formula is C12H26N2O3S. The monoisotopic (exact) mass is 278 g/mol. The summed E-state index contributed by atoms with van der Waals surface area (Å²) in [4.78, 5) is 0. The molecule has 1 saturated heterocycles. The fourth-order valence-corrected chi connectivity index (χ4v) is 3.14. The van der Waals surface area contributed by atoms with Crippen LogP contribution in [-0.4, -0.2) is 57.9 Å². The molecule has 0 spiro atoms. The number of ether oxygens (including phenoxy) is 1. The maximum Gasteiger partial charge on any atom is 0.216 e. The number of sulfonamides is 1. The van der Waals surface area contributed by atoms with Crippen LogP contribution in [0.25, 0.3) is 0 Å². The third-order valence-electron chi connectivity index (χ3n) is 3.37. The molecule has 0 radical (unpaired) electrons. The first-order chi connectivity index (χ1) is 8.56.